The topological polar surface area (TPSA) is 59.2 Å². The summed E-state index contributed by atoms with van der Waals surface area (Å²) in [6.45, 7) is 1.22. The Bertz CT molecular complexity index is 961. The third-order valence-electron chi connectivity index (χ3n) is 4.32. The second-order valence-electron chi connectivity index (χ2n) is 6.46. The maximum Gasteiger partial charge on any atom is 0.159 e. The normalized spacial score (nSPS) is 13.2. The number of aromatic nitrogens is 4. The van der Waals surface area contributed by atoms with E-state index >= 15 is 0 Å². The Kier molecular flexibility index (Phi) is 4.30. The molecule has 0 unspecified atom stereocenters. The van der Waals surface area contributed by atoms with Crippen molar-refractivity contribution in [3.8, 4) is 5.69 Å². The number of hydrogen-bond acceptors (Lipinski definition) is 5. The molecule has 1 aliphatic rings. The number of halogens is 1. The van der Waals surface area contributed by atoms with E-state index in [1.807, 2.05) is 36.9 Å². The van der Waals surface area contributed by atoms with Gasteiger partial charge in [-0.05, 0) is 44.4 Å². The lowest BCUT2D eigenvalue weighted by molar-refractivity contribution is 0.408. The third kappa shape index (κ3) is 3.01. The van der Waals surface area contributed by atoms with Gasteiger partial charge in [-0.1, -0.05) is 6.07 Å². The van der Waals surface area contributed by atoms with Crippen LogP contribution in [0.1, 0.15) is 22.9 Å². The molecule has 0 spiro atoms. The molecule has 0 saturated carbocycles. The highest BCUT2D eigenvalue weighted by molar-refractivity contribution is 6.14. The predicted octanol–water partition coefficient (Wildman–Crippen LogP) is 2.26. The van der Waals surface area contributed by atoms with Crippen LogP contribution in [0.5, 0.6) is 0 Å². The van der Waals surface area contributed by atoms with E-state index in [1.54, 1.807) is 12.3 Å². The molecule has 0 atom stereocenters. The molecule has 0 radical (unpaired) electrons. The Balaban J connectivity index is 1.87. The number of nitrogens with zero attached hydrogens (tertiary/aromatic N) is 6. The number of fused-ring (bicyclic) bond motifs is 3. The van der Waals surface area contributed by atoms with Crippen LogP contribution in [0.3, 0.4) is 0 Å². The van der Waals surface area contributed by atoms with Crippen LogP contribution >= 0.6 is 0 Å². The van der Waals surface area contributed by atoms with Crippen LogP contribution in [-0.4, -0.2) is 51.0 Å². The Labute approximate surface area is 151 Å². The molecular weight excluding hydrogens is 331 g/mol. The van der Waals surface area contributed by atoms with Crippen LogP contribution in [-0.2, 0) is 13.0 Å². The number of aliphatic imine (C=N–C) groups is 1. The molecule has 0 N–H and O–H groups in total. The molecule has 0 aliphatic carbocycles. The van der Waals surface area contributed by atoms with Gasteiger partial charge < -0.3 is 4.90 Å². The maximum atomic E-state index is 14.1. The van der Waals surface area contributed by atoms with E-state index in [0.717, 1.165) is 30.3 Å². The van der Waals surface area contributed by atoms with Crippen molar-refractivity contribution in [2.75, 3.05) is 20.6 Å². The van der Waals surface area contributed by atoms with Crippen LogP contribution in [0.2, 0.25) is 0 Å². The highest BCUT2D eigenvalue weighted by atomic mass is 19.1. The van der Waals surface area contributed by atoms with Crippen molar-refractivity contribution >= 4 is 5.71 Å². The van der Waals surface area contributed by atoms with E-state index < -0.39 is 0 Å². The maximum absolute atomic E-state index is 14.1. The fourth-order valence-corrected chi connectivity index (χ4v) is 3.07. The molecule has 1 aliphatic heterocycles. The highest BCUT2D eigenvalue weighted by Crippen LogP contribution is 2.26. The molecule has 132 valence electrons. The Morgan fingerprint density at radius 3 is 2.81 bits per heavy atom. The van der Waals surface area contributed by atoms with Crippen molar-refractivity contribution in [2.45, 2.75) is 13.0 Å². The minimum Gasteiger partial charge on any atom is -0.309 e. The van der Waals surface area contributed by atoms with Crippen LogP contribution in [0, 0.1) is 5.82 Å². The molecule has 0 amide bonds. The molecule has 2 aromatic heterocycles. The average Bonchev–Trinajstić information content (AvgIpc) is 2.97. The van der Waals surface area contributed by atoms with Crippen molar-refractivity contribution in [1.82, 2.24) is 24.6 Å². The second-order valence-corrected chi connectivity index (χ2v) is 6.46. The average molecular weight is 350 g/mol. The van der Waals surface area contributed by atoms with Crippen molar-refractivity contribution in [3.63, 3.8) is 0 Å². The lowest BCUT2D eigenvalue weighted by Crippen LogP contribution is -2.18. The number of rotatable bonds is 4. The fourth-order valence-electron chi connectivity index (χ4n) is 3.07. The molecular formula is C19H19FN6. The van der Waals surface area contributed by atoms with Crippen LogP contribution in [0.25, 0.3) is 5.69 Å². The minimum absolute atomic E-state index is 0.307. The lowest BCUT2D eigenvalue weighted by atomic mass is 10.0. The van der Waals surface area contributed by atoms with Crippen molar-refractivity contribution < 1.29 is 4.39 Å². The molecule has 1 aromatic carbocycles. The molecule has 4 rings (SSSR count). The SMILES string of the molecule is CN(C)CCc1nnc2n1-c1ccc(F)cc1C(c1ccccn1)=NC2. The van der Waals surface area contributed by atoms with E-state index in [0.29, 0.717) is 23.5 Å². The van der Waals surface area contributed by atoms with Crippen molar-refractivity contribution in [2.24, 2.45) is 4.99 Å². The van der Waals surface area contributed by atoms with Gasteiger partial charge >= 0.3 is 0 Å². The van der Waals surface area contributed by atoms with Crippen LogP contribution in [0.15, 0.2) is 47.6 Å². The van der Waals surface area contributed by atoms with Gasteiger partial charge in [-0.15, -0.1) is 10.2 Å². The monoisotopic (exact) mass is 350 g/mol. The van der Waals surface area contributed by atoms with Gasteiger partial charge in [-0.3, -0.25) is 14.5 Å². The summed E-state index contributed by atoms with van der Waals surface area (Å²) in [5.41, 5.74) is 2.92. The van der Waals surface area contributed by atoms with Crippen molar-refractivity contribution in [1.29, 1.82) is 0 Å². The molecule has 6 nitrogen and oxygen atoms in total. The second kappa shape index (κ2) is 6.76. The van der Waals surface area contributed by atoms with E-state index in [-0.39, 0.29) is 5.82 Å². The number of pyridine rings is 1. The van der Waals surface area contributed by atoms with E-state index in [1.165, 1.54) is 12.1 Å². The molecule has 7 heteroatoms. The zero-order valence-electron chi connectivity index (χ0n) is 14.7. The fraction of sp³-hybridized carbons (Fsp3) is 0.263. The first kappa shape index (κ1) is 16.5. The molecule has 0 bridgehead atoms. The molecule has 26 heavy (non-hydrogen) atoms. The Morgan fingerprint density at radius 2 is 2.04 bits per heavy atom. The lowest BCUT2D eigenvalue weighted by Gasteiger charge is -2.14. The Hall–Kier alpha value is -2.93. The minimum atomic E-state index is -0.307. The number of hydrogen-bond donors (Lipinski definition) is 0. The summed E-state index contributed by atoms with van der Waals surface area (Å²) < 4.78 is 16.0. The largest absolute Gasteiger partial charge is 0.309 e. The third-order valence-corrected chi connectivity index (χ3v) is 4.32. The van der Waals surface area contributed by atoms with Gasteiger partial charge in [0.05, 0.1) is 17.1 Å². The summed E-state index contributed by atoms with van der Waals surface area (Å²) in [5.74, 6) is 1.29. The van der Waals surface area contributed by atoms with Crippen molar-refractivity contribution in [3.05, 3.63) is 71.3 Å². The quantitative estimate of drug-likeness (QED) is 0.724. The molecule has 0 saturated heterocycles. The van der Waals surface area contributed by atoms with Gasteiger partial charge in [0.15, 0.2) is 5.82 Å². The first-order valence-electron chi connectivity index (χ1n) is 8.47. The van der Waals surface area contributed by atoms with Gasteiger partial charge in [0.1, 0.15) is 18.2 Å². The van der Waals surface area contributed by atoms with Gasteiger partial charge in [0, 0.05) is 24.7 Å². The predicted molar refractivity (Wildman–Crippen MR) is 97.2 cm³/mol. The van der Waals surface area contributed by atoms with Gasteiger partial charge in [0.2, 0.25) is 0 Å². The summed E-state index contributed by atoms with van der Waals surface area (Å²) in [5, 5.41) is 8.66. The number of benzene rings is 1. The van der Waals surface area contributed by atoms with Gasteiger partial charge in [0.25, 0.3) is 0 Å². The van der Waals surface area contributed by atoms with E-state index in [4.69, 9.17) is 0 Å². The standard InChI is InChI=1S/C19H19FN6/c1-25(2)10-8-17-23-24-18-12-22-19(15-5-3-4-9-21-15)14-11-13(20)6-7-16(14)26(17)18/h3-7,9,11H,8,10,12H2,1-2H3. The highest BCUT2D eigenvalue weighted by Gasteiger charge is 2.23. The zero-order valence-corrected chi connectivity index (χ0v) is 14.7. The van der Waals surface area contributed by atoms with E-state index in [9.17, 15) is 4.39 Å². The summed E-state index contributed by atoms with van der Waals surface area (Å²) in [6, 6.07) is 10.4. The summed E-state index contributed by atoms with van der Waals surface area (Å²) in [4.78, 5) is 11.2. The molecule has 0 fully saturated rings. The molecule has 3 heterocycles. The first-order valence-corrected chi connectivity index (χ1v) is 8.47. The Morgan fingerprint density at radius 1 is 1.15 bits per heavy atom. The molecule has 3 aromatic rings. The smallest absolute Gasteiger partial charge is 0.159 e. The summed E-state index contributed by atoms with van der Waals surface area (Å²) in [7, 11) is 4.04. The van der Waals surface area contributed by atoms with Crippen LogP contribution < -0.4 is 0 Å². The summed E-state index contributed by atoms with van der Waals surface area (Å²) >= 11 is 0. The zero-order chi connectivity index (χ0) is 18.1. The number of likely N-dealkylation sites (N-methyl/N-ethyl adjacent to an activating group) is 1. The van der Waals surface area contributed by atoms with Gasteiger partial charge in [-0.2, -0.15) is 0 Å². The van der Waals surface area contributed by atoms with Crippen LogP contribution in [0.4, 0.5) is 4.39 Å². The summed E-state index contributed by atoms with van der Waals surface area (Å²) in [6.07, 6.45) is 2.46. The van der Waals surface area contributed by atoms with Gasteiger partial charge in [-0.25, -0.2) is 4.39 Å². The first-order chi connectivity index (χ1) is 12.6. The van der Waals surface area contributed by atoms with E-state index in [2.05, 4.69) is 25.1 Å².